The molecule has 0 bridgehead atoms. The van der Waals surface area contributed by atoms with Crippen LogP contribution in [-0.2, 0) is 14.8 Å². The highest BCUT2D eigenvalue weighted by Gasteiger charge is 2.20. The van der Waals surface area contributed by atoms with Crippen molar-refractivity contribution in [3.63, 3.8) is 0 Å². The Kier molecular flexibility index (Phi) is 8.02. The highest BCUT2D eigenvalue weighted by Crippen LogP contribution is 2.19. The lowest BCUT2D eigenvalue weighted by atomic mass is 10.1. The van der Waals surface area contributed by atoms with Crippen LogP contribution in [-0.4, -0.2) is 33.3 Å². The Morgan fingerprint density at radius 3 is 2.36 bits per heavy atom. The first-order chi connectivity index (χ1) is 13.3. The first-order valence-electron chi connectivity index (χ1n) is 9.35. The van der Waals surface area contributed by atoms with E-state index in [1.54, 1.807) is 24.3 Å². The largest absolute Gasteiger partial charge is 0.381 e. The summed E-state index contributed by atoms with van der Waals surface area (Å²) >= 11 is 0. The van der Waals surface area contributed by atoms with Crippen LogP contribution in [0.4, 0.5) is 5.69 Å². The Hall–Kier alpha value is -2.38. The SMILES string of the molecule is CCOC[C@H](C)CS(=O)(=O)Nc1ccccc1C(=O)N[C@H](C)c1ccccc1. The Balaban J connectivity index is 2.10. The summed E-state index contributed by atoms with van der Waals surface area (Å²) in [5.74, 6) is -0.572. The molecule has 0 aliphatic carbocycles. The fraction of sp³-hybridized carbons (Fsp3) is 0.381. The van der Waals surface area contributed by atoms with Gasteiger partial charge in [-0.2, -0.15) is 0 Å². The molecule has 0 aromatic heterocycles. The minimum atomic E-state index is -3.61. The van der Waals surface area contributed by atoms with Crippen LogP contribution in [0.25, 0.3) is 0 Å². The van der Waals surface area contributed by atoms with E-state index in [1.165, 1.54) is 0 Å². The maximum absolute atomic E-state index is 12.7. The summed E-state index contributed by atoms with van der Waals surface area (Å²) in [6, 6.07) is 16.0. The molecular formula is C21H28N2O4S. The molecule has 7 heteroatoms. The summed E-state index contributed by atoms with van der Waals surface area (Å²) in [6.07, 6.45) is 0. The molecule has 0 fully saturated rings. The summed E-state index contributed by atoms with van der Waals surface area (Å²) in [4.78, 5) is 12.7. The van der Waals surface area contributed by atoms with Crippen molar-refractivity contribution in [1.29, 1.82) is 0 Å². The van der Waals surface area contributed by atoms with E-state index >= 15 is 0 Å². The molecule has 0 radical (unpaired) electrons. The van der Waals surface area contributed by atoms with E-state index in [4.69, 9.17) is 4.74 Å². The zero-order valence-electron chi connectivity index (χ0n) is 16.5. The first-order valence-corrected chi connectivity index (χ1v) is 11.0. The molecule has 6 nitrogen and oxygen atoms in total. The molecule has 2 aromatic carbocycles. The molecule has 2 aromatic rings. The fourth-order valence-corrected chi connectivity index (χ4v) is 4.26. The van der Waals surface area contributed by atoms with Crippen molar-refractivity contribution < 1.29 is 17.9 Å². The topological polar surface area (TPSA) is 84.5 Å². The minimum absolute atomic E-state index is 0.0800. The highest BCUT2D eigenvalue weighted by atomic mass is 32.2. The van der Waals surface area contributed by atoms with Gasteiger partial charge < -0.3 is 10.1 Å². The van der Waals surface area contributed by atoms with E-state index in [-0.39, 0.29) is 34.9 Å². The van der Waals surface area contributed by atoms with Gasteiger partial charge in [-0.3, -0.25) is 9.52 Å². The number of ether oxygens (including phenoxy) is 1. The van der Waals surface area contributed by atoms with Crippen LogP contribution in [0.2, 0.25) is 0 Å². The molecule has 0 unspecified atom stereocenters. The van der Waals surface area contributed by atoms with Crippen LogP contribution >= 0.6 is 0 Å². The van der Waals surface area contributed by atoms with Gasteiger partial charge in [-0.25, -0.2) is 8.42 Å². The Bertz CT molecular complexity index is 869. The lowest BCUT2D eigenvalue weighted by molar-refractivity contribution is 0.0941. The Morgan fingerprint density at radius 1 is 1.04 bits per heavy atom. The summed E-state index contributed by atoms with van der Waals surface area (Å²) in [6.45, 7) is 6.48. The van der Waals surface area contributed by atoms with E-state index in [0.717, 1.165) is 5.56 Å². The standard InChI is InChI=1S/C21H28N2O4S/c1-4-27-14-16(2)15-28(25,26)23-20-13-9-8-12-19(20)21(24)22-17(3)18-10-6-5-7-11-18/h5-13,16-17,23H,4,14-15H2,1-3H3,(H,22,24)/t16-,17+/m0/s1. The normalized spacial score (nSPS) is 13.5. The first kappa shape index (κ1) is 21.9. The molecule has 2 atom stereocenters. The number of hydrogen-bond acceptors (Lipinski definition) is 4. The maximum atomic E-state index is 12.7. The molecule has 0 saturated carbocycles. The van der Waals surface area contributed by atoms with E-state index < -0.39 is 10.0 Å². The molecular weight excluding hydrogens is 376 g/mol. The zero-order valence-corrected chi connectivity index (χ0v) is 17.3. The zero-order chi connectivity index (χ0) is 20.6. The molecule has 0 heterocycles. The third kappa shape index (κ3) is 6.65. The number of carbonyl (C=O) groups is 1. The average Bonchev–Trinajstić information content (AvgIpc) is 2.66. The predicted octanol–water partition coefficient (Wildman–Crippen LogP) is 3.59. The van der Waals surface area contributed by atoms with Crippen molar-refractivity contribution in [2.24, 2.45) is 5.92 Å². The van der Waals surface area contributed by atoms with E-state index in [2.05, 4.69) is 10.0 Å². The van der Waals surface area contributed by atoms with Gasteiger partial charge in [0, 0.05) is 6.61 Å². The second-order valence-corrected chi connectivity index (χ2v) is 8.57. The third-order valence-electron chi connectivity index (χ3n) is 4.19. The summed E-state index contributed by atoms with van der Waals surface area (Å²) in [5.41, 5.74) is 1.52. The van der Waals surface area contributed by atoms with Crippen molar-refractivity contribution in [1.82, 2.24) is 5.32 Å². The summed E-state index contributed by atoms with van der Waals surface area (Å²) < 4.78 is 32.8. The number of hydrogen-bond donors (Lipinski definition) is 2. The van der Waals surface area contributed by atoms with Gasteiger partial charge in [0.05, 0.1) is 29.7 Å². The van der Waals surface area contributed by atoms with Gasteiger partial charge in [-0.1, -0.05) is 49.4 Å². The van der Waals surface area contributed by atoms with Crippen molar-refractivity contribution >= 4 is 21.6 Å². The molecule has 2 N–H and O–H groups in total. The molecule has 152 valence electrons. The highest BCUT2D eigenvalue weighted by molar-refractivity contribution is 7.92. The molecule has 0 spiro atoms. The Morgan fingerprint density at radius 2 is 1.68 bits per heavy atom. The minimum Gasteiger partial charge on any atom is -0.381 e. The number of para-hydroxylation sites is 1. The monoisotopic (exact) mass is 404 g/mol. The van der Waals surface area contributed by atoms with Crippen LogP contribution in [0.3, 0.4) is 0 Å². The van der Waals surface area contributed by atoms with Crippen molar-refractivity contribution in [3.05, 3.63) is 65.7 Å². The smallest absolute Gasteiger partial charge is 0.253 e. The van der Waals surface area contributed by atoms with Crippen molar-refractivity contribution in [2.75, 3.05) is 23.7 Å². The molecule has 28 heavy (non-hydrogen) atoms. The third-order valence-corrected chi connectivity index (χ3v) is 5.73. The van der Waals surface area contributed by atoms with E-state index in [9.17, 15) is 13.2 Å². The number of rotatable bonds is 10. The summed E-state index contributed by atoms with van der Waals surface area (Å²) in [5, 5.41) is 2.91. The number of amides is 1. The van der Waals surface area contributed by atoms with Crippen LogP contribution in [0.1, 0.15) is 42.7 Å². The Labute approximate surface area is 167 Å². The van der Waals surface area contributed by atoms with Crippen molar-refractivity contribution in [2.45, 2.75) is 26.8 Å². The maximum Gasteiger partial charge on any atom is 0.253 e. The van der Waals surface area contributed by atoms with Crippen LogP contribution in [0.15, 0.2) is 54.6 Å². The number of benzene rings is 2. The lowest BCUT2D eigenvalue weighted by Gasteiger charge is -2.18. The number of carbonyl (C=O) groups excluding carboxylic acids is 1. The van der Waals surface area contributed by atoms with E-state index in [1.807, 2.05) is 51.1 Å². The van der Waals surface area contributed by atoms with Gasteiger partial charge in [0.25, 0.3) is 5.91 Å². The summed E-state index contributed by atoms with van der Waals surface area (Å²) in [7, 11) is -3.61. The van der Waals surface area contributed by atoms with Gasteiger partial charge in [0.1, 0.15) is 0 Å². The predicted molar refractivity (Wildman–Crippen MR) is 112 cm³/mol. The fourth-order valence-electron chi connectivity index (χ4n) is 2.82. The second-order valence-electron chi connectivity index (χ2n) is 6.80. The second kappa shape index (κ2) is 10.2. The lowest BCUT2D eigenvalue weighted by Crippen LogP contribution is -2.29. The van der Waals surface area contributed by atoms with Crippen LogP contribution < -0.4 is 10.0 Å². The van der Waals surface area contributed by atoms with Gasteiger partial charge in [-0.15, -0.1) is 0 Å². The number of anilines is 1. The van der Waals surface area contributed by atoms with Crippen molar-refractivity contribution in [3.8, 4) is 0 Å². The van der Waals surface area contributed by atoms with Crippen LogP contribution in [0.5, 0.6) is 0 Å². The van der Waals surface area contributed by atoms with Gasteiger partial charge >= 0.3 is 0 Å². The van der Waals surface area contributed by atoms with E-state index in [0.29, 0.717) is 13.2 Å². The molecule has 1 amide bonds. The molecule has 0 saturated heterocycles. The quantitative estimate of drug-likeness (QED) is 0.634. The van der Waals surface area contributed by atoms with Gasteiger partial charge in [-0.05, 0) is 37.5 Å². The van der Waals surface area contributed by atoms with Gasteiger partial charge in [0.2, 0.25) is 10.0 Å². The molecule has 0 aliphatic heterocycles. The average molecular weight is 405 g/mol. The molecule has 2 rings (SSSR count). The molecule has 0 aliphatic rings. The van der Waals surface area contributed by atoms with Gasteiger partial charge in [0.15, 0.2) is 0 Å². The number of nitrogens with one attached hydrogen (secondary N) is 2. The number of sulfonamides is 1. The van der Waals surface area contributed by atoms with Crippen LogP contribution in [0, 0.1) is 5.92 Å².